The molecule has 0 amide bonds. The second-order valence-electron chi connectivity index (χ2n) is 14.8. The maximum absolute atomic E-state index is 11.4. The minimum Gasteiger partial charge on any atom is -0.478 e. The Morgan fingerprint density at radius 1 is 0.865 bits per heavy atom. The first-order valence-corrected chi connectivity index (χ1v) is 15.2. The topological polar surface area (TPSA) is 40.5 Å². The molecule has 1 aromatic rings. The fourth-order valence-electron chi connectivity index (χ4n) is 11.7. The van der Waals surface area contributed by atoms with Gasteiger partial charge in [-0.1, -0.05) is 52.3 Å². The molecule has 5 aliphatic rings. The van der Waals surface area contributed by atoms with E-state index in [1.165, 1.54) is 75.3 Å². The van der Waals surface area contributed by atoms with Gasteiger partial charge in [-0.15, -0.1) is 0 Å². The van der Waals surface area contributed by atoms with Crippen LogP contribution in [0, 0.1) is 45.8 Å². The predicted octanol–water partition coefficient (Wildman–Crippen LogP) is 8.16. The van der Waals surface area contributed by atoms with Gasteiger partial charge in [0.15, 0.2) is 0 Å². The van der Waals surface area contributed by atoms with Gasteiger partial charge in [-0.3, -0.25) is 0 Å². The van der Waals surface area contributed by atoms with Crippen molar-refractivity contribution in [2.45, 2.75) is 97.4 Å². The molecule has 0 bridgehead atoms. The SMILES string of the molecule is CC1C(c2ccc(C(=O)O)cc2)=CCC2(C)C1CCC1(C)C2CCC2C3CCCC3(N(C)C)CC[C@]21C. The van der Waals surface area contributed by atoms with Crippen molar-refractivity contribution in [2.75, 3.05) is 14.1 Å². The van der Waals surface area contributed by atoms with Crippen LogP contribution in [-0.2, 0) is 0 Å². The number of hydrogen-bond donors (Lipinski definition) is 1. The smallest absolute Gasteiger partial charge is 0.335 e. The number of fused-ring (bicyclic) bond motifs is 7. The molecule has 5 aliphatic carbocycles. The van der Waals surface area contributed by atoms with E-state index in [9.17, 15) is 9.90 Å². The first kappa shape index (κ1) is 25.7. The summed E-state index contributed by atoms with van der Waals surface area (Å²) in [6.07, 6.45) is 16.4. The van der Waals surface area contributed by atoms with E-state index in [1.54, 1.807) is 12.1 Å². The van der Waals surface area contributed by atoms with Crippen molar-refractivity contribution in [3.05, 3.63) is 41.5 Å². The van der Waals surface area contributed by atoms with Crippen LogP contribution in [0.3, 0.4) is 0 Å². The molecule has 1 aromatic carbocycles. The van der Waals surface area contributed by atoms with Crippen molar-refractivity contribution in [2.24, 2.45) is 45.8 Å². The molecule has 0 aliphatic heterocycles. The molecule has 0 saturated heterocycles. The first-order chi connectivity index (χ1) is 17.5. The molecule has 202 valence electrons. The van der Waals surface area contributed by atoms with Crippen LogP contribution in [0.25, 0.3) is 5.57 Å². The standard InChI is InChI=1S/C34H49NO2/c1-22-25(23-9-11-24(12-10-23)30(36)37)15-18-31(2)26(22)16-19-33(4)29(31)14-13-27-28-8-7-17-34(28,35(5)6)21-20-32(27,33)3/h9-12,15,22,26-29H,7-8,13-14,16-21H2,1-6H3,(H,36,37)/t22?,26?,27?,28?,29?,31?,32-,33?,34?/m1/s1. The van der Waals surface area contributed by atoms with Crippen molar-refractivity contribution in [3.63, 3.8) is 0 Å². The highest BCUT2D eigenvalue weighted by Gasteiger charge is 2.68. The van der Waals surface area contributed by atoms with E-state index in [1.807, 2.05) is 12.1 Å². The molecule has 0 heterocycles. The number of carboxylic acid groups (broad SMARTS) is 1. The number of carbonyl (C=O) groups is 1. The van der Waals surface area contributed by atoms with Crippen LogP contribution < -0.4 is 0 Å². The molecule has 6 rings (SSSR count). The Hall–Kier alpha value is -1.61. The summed E-state index contributed by atoms with van der Waals surface area (Å²) in [4.78, 5) is 14.0. The van der Waals surface area contributed by atoms with Gasteiger partial charge in [-0.2, -0.15) is 0 Å². The van der Waals surface area contributed by atoms with E-state index in [0.29, 0.717) is 39.2 Å². The zero-order chi connectivity index (χ0) is 26.4. The van der Waals surface area contributed by atoms with Gasteiger partial charge in [0.2, 0.25) is 0 Å². The van der Waals surface area contributed by atoms with Gasteiger partial charge in [-0.25, -0.2) is 4.79 Å². The number of rotatable bonds is 3. The summed E-state index contributed by atoms with van der Waals surface area (Å²) < 4.78 is 0. The largest absolute Gasteiger partial charge is 0.478 e. The van der Waals surface area contributed by atoms with Crippen molar-refractivity contribution in [1.29, 1.82) is 0 Å². The zero-order valence-electron chi connectivity index (χ0n) is 24.1. The summed E-state index contributed by atoms with van der Waals surface area (Å²) in [6, 6.07) is 7.63. The minimum absolute atomic E-state index is 0.358. The van der Waals surface area contributed by atoms with Crippen molar-refractivity contribution >= 4 is 11.5 Å². The lowest BCUT2D eigenvalue weighted by Gasteiger charge is -2.71. The van der Waals surface area contributed by atoms with Crippen LogP contribution in [0.1, 0.15) is 108 Å². The van der Waals surface area contributed by atoms with Gasteiger partial charge in [0.25, 0.3) is 0 Å². The molecular weight excluding hydrogens is 454 g/mol. The van der Waals surface area contributed by atoms with Gasteiger partial charge in [0.1, 0.15) is 0 Å². The third-order valence-corrected chi connectivity index (χ3v) is 13.9. The number of aromatic carboxylic acids is 1. The quantitative estimate of drug-likeness (QED) is 0.452. The number of allylic oxidation sites excluding steroid dienone is 2. The molecule has 3 nitrogen and oxygen atoms in total. The summed E-state index contributed by atoms with van der Waals surface area (Å²) >= 11 is 0. The molecule has 0 aromatic heterocycles. The van der Waals surface area contributed by atoms with E-state index in [2.05, 4.69) is 52.8 Å². The fraction of sp³-hybridized carbons (Fsp3) is 0.735. The van der Waals surface area contributed by atoms with E-state index in [4.69, 9.17) is 0 Å². The summed E-state index contributed by atoms with van der Waals surface area (Å²) in [5.41, 5.74) is 4.75. The molecular formula is C34H49NO2. The van der Waals surface area contributed by atoms with Crippen molar-refractivity contribution in [3.8, 4) is 0 Å². The Bertz CT molecular complexity index is 1110. The van der Waals surface area contributed by atoms with Crippen LogP contribution >= 0.6 is 0 Å². The van der Waals surface area contributed by atoms with Crippen LogP contribution in [0.4, 0.5) is 0 Å². The molecule has 37 heavy (non-hydrogen) atoms. The third kappa shape index (κ3) is 3.31. The second-order valence-corrected chi connectivity index (χ2v) is 14.8. The highest BCUT2D eigenvalue weighted by Crippen LogP contribution is 2.75. The van der Waals surface area contributed by atoms with Crippen LogP contribution in [0.15, 0.2) is 30.3 Å². The highest BCUT2D eigenvalue weighted by molar-refractivity contribution is 5.88. The lowest BCUT2D eigenvalue weighted by molar-refractivity contribution is -0.218. The van der Waals surface area contributed by atoms with Crippen LogP contribution in [0.5, 0.6) is 0 Å². The third-order valence-electron chi connectivity index (χ3n) is 13.9. The maximum atomic E-state index is 11.4. The molecule has 0 radical (unpaired) electrons. The lowest BCUT2D eigenvalue weighted by Crippen LogP contribution is -2.66. The van der Waals surface area contributed by atoms with Gasteiger partial charge < -0.3 is 10.0 Å². The van der Waals surface area contributed by atoms with Gasteiger partial charge in [0.05, 0.1) is 5.56 Å². The minimum atomic E-state index is -0.844. The Morgan fingerprint density at radius 2 is 1.59 bits per heavy atom. The highest BCUT2D eigenvalue weighted by atomic mass is 16.4. The average molecular weight is 504 g/mol. The van der Waals surface area contributed by atoms with E-state index in [-0.39, 0.29) is 0 Å². The molecule has 9 atom stereocenters. The van der Waals surface area contributed by atoms with Crippen molar-refractivity contribution < 1.29 is 9.90 Å². The van der Waals surface area contributed by atoms with E-state index >= 15 is 0 Å². The lowest BCUT2D eigenvalue weighted by atomic mass is 9.34. The normalized spacial score (nSPS) is 46.9. The maximum Gasteiger partial charge on any atom is 0.335 e. The number of hydrogen-bond acceptors (Lipinski definition) is 2. The zero-order valence-corrected chi connectivity index (χ0v) is 24.1. The Labute approximate surface area is 225 Å². The number of carboxylic acids is 1. The summed E-state index contributed by atoms with van der Waals surface area (Å²) in [7, 11) is 4.73. The molecule has 1 N–H and O–H groups in total. The molecule has 3 heteroatoms. The number of benzene rings is 1. The average Bonchev–Trinajstić information content (AvgIpc) is 3.30. The Balaban J connectivity index is 1.32. The second kappa shape index (κ2) is 8.44. The Kier molecular flexibility index (Phi) is 5.85. The van der Waals surface area contributed by atoms with E-state index < -0.39 is 5.97 Å². The first-order valence-electron chi connectivity index (χ1n) is 15.2. The molecule has 0 spiro atoms. The van der Waals surface area contributed by atoms with Gasteiger partial charge in [0, 0.05) is 5.54 Å². The monoisotopic (exact) mass is 503 g/mol. The van der Waals surface area contributed by atoms with Gasteiger partial charge in [-0.05, 0) is 141 Å². The van der Waals surface area contributed by atoms with E-state index in [0.717, 1.165) is 17.8 Å². The number of nitrogens with zero attached hydrogens (tertiary/aromatic N) is 1. The summed E-state index contributed by atoms with van der Waals surface area (Å²) in [6.45, 7) is 10.6. The van der Waals surface area contributed by atoms with Crippen LogP contribution in [-0.4, -0.2) is 35.6 Å². The van der Waals surface area contributed by atoms with Gasteiger partial charge >= 0.3 is 5.97 Å². The molecule has 4 fully saturated rings. The summed E-state index contributed by atoms with van der Waals surface area (Å²) in [5, 5.41) is 9.34. The predicted molar refractivity (Wildman–Crippen MR) is 151 cm³/mol. The fourth-order valence-corrected chi connectivity index (χ4v) is 11.7. The molecule has 8 unspecified atom stereocenters. The van der Waals surface area contributed by atoms with Crippen molar-refractivity contribution in [1.82, 2.24) is 4.90 Å². The molecule has 4 saturated carbocycles. The van der Waals surface area contributed by atoms with Crippen LogP contribution in [0.2, 0.25) is 0 Å². The summed E-state index contributed by atoms with van der Waals surface area (Å²) in [5.74, 6) is 2.95. The Morgan fingerprint density at radius 3 is 2.27 bits per heavy atom.